The van der Waals surface area contributed by atoms with Gasteiger partial charge in [-0.3, -0.25) is 9.78 Å². The normalized spacial score (nSPS) is 18.5. The van der Waals surface area contributed by atoms with E-state index in [-0.39, 0.29) is 6.42 Å². The second-order valence-electron chi connectivity index (χ2n) is 5.39. The quantitative estimate of drug-likeness (QED) is 0.804. The van der Waals surface area contributed by atoms with E-state index in [1.807, 2.05) is 0 Å². The van der Waals surface area contributed by atoms with Gasteiger partial charge in [-0.25, -0.2) is 0 Å². The number of carboxylic acids is 1. The summed E-state index contributed by atoms with van der Waals surface area (Å²) in [5, 5.41) is 9.29. The van der Waals surface area contributed by atoms with Crippen molar-refractivity contribution in [3.05, 3.63) is 30.1 Å². The number of carbonyl (C=O) groups is 1. The molecule has 122 valence electrons. The molecule has 1 aliphatic rings. The van der Waals surface area contributed by atoms with Gasteiger partial charge in [0.05, 0.1) is 0 Å². The van der Waals surface area contributed by atoms with Crippen molar-refractivity contribution in [2.75, 3.05) is 13.1 Å². The minimum absolute atomic E-state index is 0.0882. The SMILES string of the molecule is O=C(O)C(Cc1ccncc1)NS(=O)(=O)N1CCCCCC1. The van der Waals surface area contributed by atoms with Gasteiger partial charge in [-0.1, -0.05) is 12.8 Å². The van der Waals surface area contributed by atoms with E-state index in [0.29, 0.717) is 13.1 Å². The van der Waals surface area contributed by atoms with Gasteiger partial charge >= 0.3 is 5.97 Å². The van der Waals surface area contributed by atoms with E-state index in [2.05, 4.69) is 9.71 Å². The zero-order chi connectivity index (χ0) is 16.0. The zero-order valence-corrected chi connectivity index (χ0v) is 13.1. The fraction of sp³-hybridized carbons (Fsp3) is 0.571. The number of rotatable bonds is 6. The molecule has 22 heavy (non-hydrogen) atoms. The molecule has 0 amide bonds. The van der Waals surface area contributed by atoms with Gasteiger partial charge in [0.1, 0.15) is 6.04 Å². The standard InChI is InChI=1S/C14H21N3O4S/c18-14(19)13(11-12-5-7-15-8-6-12)16-22(20,21)17-9-3-1-2-4-10-17/h5-8,13,16H,1-4,9-11H2,(H,18,19). The Labute approximate surface area is 130 Å². The van der Waals surface area contributed by atoms with Crippen LogP contribution >= 0.6 is 0 Å². The summed E-state index contributed by atoms with van der Waals surface area (Å²) >= 11 is 0. The first-order valence-corrected chi connectivity index (χ1v) is 8.82. The first-order chi connectivity index (χ1) is 10.5. The van der Waals surface area contributed by atoms with E-state index in [1.54, 1.807) is 24.5 Å². The molecule has 0 bridgehead atoms. The van der Waals surface area contributed by atoms with Crippen LogP contribution in [0, 0.1) is 0 Å². The molecule has 0 radical (unpaired) electrons. The first kappa shape index (κ1) is 16.9. The number of pyridine rings is 1. The molecule has 1 fully saturated rings. The second-order valence-corrected chi connectivity index (χ2v) is 7.09. The summed E-state index contributed by atoms with van der Waals surface area (Å²) in [5.41, 5.74) is 0.723. The van der Waals surface area contributed by atoms with Gasteiger partial charge in [-0.15, -0.1) is 0 Å². The van der Waals surface area contributed by atoms with Crippen LogP contribution in [0.4, 0.5) is 0 Å². The molecule has 2 heterocycles. The number of carboxylic acid groups (broad SMARTS) is 1. The molecule has 7 nitrogen and oxygen atoms in total. The van der Waals surface area contributed by atoms with Gasteiger partial charge in [0, 0.05) is 25.5 Å². The van der Waals surface area contributed by atoms with Crippen molar-refractivity contribution in [2.24, 2.45) is 0 Å². The van der Waals surface area contributed by atoms with E-state index in [9.17, 15) is 18.3 Å². The second kappa shape index (κ2) is 7.66. The maximum absolute atomic E-state index is 12.4. The fourth-order valence-corrected chi connectivity index (χ4v) is 3.90. The number of aromatic nitrogens is 1. The van der Waals surface area contributed by atoms with Crippen molar-refractivity contribution >= 4 is 16.2 Å². The molecule has 0 aromatic carbocycles. The van der Waals surface area contributed by atoms with Crippen LogP contribution in [0.1, 0.15) is 31.2 Å². The van der Waals surface area contributed by atoms with Crippen molar-refractivity contribution in [3.63, 3.8) is 0 Å². The van der Waals surface area contributed by atoms with E-state index < -0.39 is 22.2 Å². The maximum Gasteiger partial charge on any atom is 0.322 e. The third-order valence-electron chi connectivity index (χ3n) is 3.68. The molecule has 1 saturated heterocycles. The van der Waals surface area contributed by atoms with Crippen molar-refractivity contribution in [2.45, 2.75) is 38.1 Å². The molecule has 1 aliphatic heterocycles. The lowest BCUT2D eigenvalue weighted by Crippen LogP contribution is -2.49. The van der Waals surface area contributed by atoms with Crippen LogP contribution in [-0.4, -0.2) is 47.9 Å². The van der Waals surface area contributed by atoms with Crippen LogP contribution in [0.15, 0.2) is 24.5 Å². The van der Waals surface area contributed by atoms with Gasteiger partial charge < -0.3 is 5.11 Å². The summed E-state index contributed by atoms with van der Waals surface area (Å²) < 4.78 is 28.4. The number of hydrogen-bond donors (Lipinski definition) is 2. The van der Waals surface area contributed by atoms with Crippen molar-refractivity contribution in [1.82, 2.24) is 14.0 Å². The summed E-state index contributed by atoms with van der Waals surface area (Å²) in [7, 11) is -3.78. The summed E-state index contributed by atoms with van der Waals surface area (Å²) in [6.07, 6.45) is 6.82. The summed E-state index contributed by atoms with van der Waals surface area (Å²) in [5.74, 6) is -1.18. The molecule has 2 rings (SSSR count). The highest BCUT2D eigenvalue weighted by atomic mass is 32.2. The molecule has 1 unspecified atom stereocenters. The van der Waals surface area contributed by atoms with E-state index in [1.165, 1.54) is 4.31 Å². The summed E-state index contributed by atoms with van der Waals surface area (Å²) in [6.45, 7) is 0.883. The van der Waals surface area contributed by atoms with E-state index in [0.717, 1.165) is 31.2 Å². The number of nitrogens with one attached hydrogen (secondary N) is 1. The molecular formula is C14H21N3O4S. The minimum Gasteiger partial charge on any atom is -0.480 e. The summed E-state index contributed by atoms with van der Waals surface area (Å²) in [4.78, 5) is 15.2. The highest BCUT2D eigenvalue weighted by Gasteiger charge is 2.29. The smallest absolute Gasteiger partial charge is 0.322 e. The van der Waals surface area contributed by atoms with Crippen LogP contribution in [-0.2, 0) is 21.4 Å². The lowest BCUT2D eigenvalue weighted by Gasteiger charge is -2.23. The lowest BCUT2D eigenvalue weighted by molar-refractivity contribution is -0.138. The fourth-order valence-electron chi connectivity index (χ4n) is 2.47. The Morgan fingerprint density at radius 2 is 1.82 bits per heavy atom. The zero-order valence-electron chi connectivity index (χ0n) is 12.3. The molecule has 0 aliphatic carbocycles. The van der Waals surface area contributed by atoms with Crippen LogP contribution in [0.25, 0.3) is 0 Å². The molecular weight excluding hydrogens is 306 g/mol. The van der Waals surface area contributed by atoms with Gasteiger partial charge in [-0.05, 0) is 37.0 Å². The molecule has 0 spiro atoms. The average molecular weight is 327 g/mol. The Morgan fingerprint density at radius 3 is 2.36 bits per heavy atom. The minimum atomic E-state index is -3.78. The van der Waals surface area contributed by atoms with Crippen molar-refractivity contribution < 1.29 is 18.3 Å². The Hall–Kier alpha value is -1.51. The van der Waals surface area contributed by atoms with Crippen LogP contribution in [0.3, 0.4) is 0 Å². The highest BCUT2D eigenvalue weighted by molar-refractivity contribution is 7.87. The monoisotopic (exact) mass is 327 g/mol. The third-order valence-corrected chi connectivity index (χ3v) is 5.31. The largest absolute Gasteiger partial charge is 0.480 e. The predicted molar refractivity (Wildman–Crippen MR) is 81.5 cm³/mol. The Balaban J connectivity index is 2.07. The average Bonchev–Trinajstić information content (AvgIpc) is 2.77. The Bertz CT molecular complexity index is 583. The van der Waals surface area contributed by atoms with Gasteiger partial charge in [0.15, 0.2) is 0 Å². The lowest BCUT2D eigenvalue weighted by atomic mass is 10.1. The highest BCUT2D eigenvalue weighted by Crippen LogP contribution is 2.13. The Kier molecular flexibility index (Phi) is 5.87. The molecule has 0 saturated carbocycles. The van der Waals surface area contributed by atoms with Crippen LogP contribution in [0.5, 0.6) is 0 Å². The topological polar surface area (TPSA) is 99.6 Å². The Morgan fingerprint density at radius 1 is 1.23 bits per heavy atom. The molecule has 1 aromatic rings. The van der Waals surface area contributed by atoms with Crippen molar-refractivity contribution in [3.8, 4) is 0 Å². The van der Waals surface area contributed by atoms with E-state index >= 15 is 0 Å². The van der Waals surface area contributed by atoms with Gasteiger partial charge in [-0.2, -0.15) is 17.4 Å². The predicted octanol–water partition coefficient (Wildman–Crippen LogP) is 0.788. The molecule has 1 aromatic heterocycles. The summed E-state index contributed by atoms with van der Waals surface area (Å²) in [6, 6.07) is 2.17. The first-order valence-electron chi connectivity index (χ1n) is 7.38. The van der Waals surface area contributed by atoms with Gasteiger partial charge in [0.25, 0.3) is 10.2 Å². The van der Waals surface area contributed by atoms with Gasteiger partial charge in [0.2, 0.25) is 0 Å². The maximum atomic E-state index is 12.4. The third kappa shape index (κ3) is 4.75. The van der Waals surface area contributed by atoms with E-state index in [4.69, 9.17) is 0 Å². The van der Waals surface area contributed by atoms with Crippen LogP contribution in [0.2, 0.25) is 0 Å². The molecule has 8 heteroatoms. The number of hydrogen-bond acceptors (Lipinski definition) is 4. The molecule has 1 atom stereocenters. The van der Waals surface area contributed by atoms with Crippen molar-refractivity contribution in [1.29, 1.82) is 0 Å². The number of nitrogens with zero attached hydrogens (tertiary/aromatic N) is 2. The molecule has 2 N–H and O–H groups in total. The number of aliphatic carboxylic acids is 1. The van der Waals surface area contributed by atoms with Crippen LogP contribution < -0.4 is 4.72 Å².